The Kier molecular flexibility index (Phi) is 3.08. The van der Waals surface area contributed by atoms with Crippen LogP contribution in [0.25, 0.3) is 10.2 Å². The third-order valence-electron chi connectivity index (χ3n) is 2.47. The minimum atomic E-state index is 0.223. The average molecular weight is 296 g/mol. The number of anilines is 1. The summed E-state index contributed by atoms with van der Waals surface area (Å²) in [5.74, 6) is 1.79. The summed E-state index contributed by atoms with van der Waals surface area (Å²) in [6, 6.07) is 2.03. The van der Waals surface area contributed by atoms with Gasteiger partial charge in [0.1, 0.15) is 10.6 Å². The molecule has 0 aromatic carbocycles. The second-order valence-corrected chi connectivity index (χ2v) is 5.57. The summed E-state index contributed by atoms with van der Waals surface area (Å²) in [4.78, 5) is 14.5. The van der Waals surface area contributed by atoms with Crippen LogP contribution in [0.1, 0.15) is 16.6 Å². The monoisotopic (exact) mass is 295 g/mol. The van der Waals surface area contributed by atoms with Gasteiger partial charge in [0, 0.05) is 11.8 Å². The lowest BCUT2D eigenvalue weighted by Crippen LogP contribution is -2.04. The molecule has 0 aliphatic heterocycles. The van der Waals surface area contributed by atoms with E-state index in [-0.39, 0.29) is 5.28 Å². The molecule has 0 saturated carbocycles. The average Bonchev–Trinajstić information content (AvgIpc) is 2.91. The van der Waals surface area contributed by atoms with Crippen LogP contribution in [-0.2, 0) is 6.54 Å². The van der Waals surface area contributed by atoms with E-state index in [1.807, 2.05) is 13.0 Å². The van der Waals surface area contributed by atoms with Crippen molar-refractivity contribution in [2.75, 3.05) is 5.32 Å². The second kappa shape index (κ2) is 4.75. The maximum atomic E-state index is 5.91. The molecule has 0 saturated heterocycles. The van der Waals surface area contributed by atoms with Crippen molar-refractivity contribution in [2.45, 2.75) is 20.4 Å². The molecule has 0 spiro atoms. The first-order valence-electron chi connectivity index (χ1n) is 5.58. The van der Waals surface area contributed by atoms with Crippen molar-refractivity contribution in [2.24, 2.45) is 0 Å². The minimum absolute atomic E-state index is 0.223. The van der Waals surface area contributed by atoms with Gasteiger partial charge in [0.15, 0.2) is 5.82 Å². The van der Waals surface area contributed by atoms with Crippen molar-refractivity contribution in [1.29, 1.82) is 0 Å². The maximum absolute atomic E-state index is 5.91. The molecule has 98 valence electrons. The van der Waals surface area contributed by atoms with Crippen molar-refractivity contribution < 1.29 is 4.52 Å². The number of aromatic nitrogens is 4. The molecule has 0 fully saturated rings. The van der Waals surface area contributed by atoms with Gasteiger partial charge in [-0.2, -0.15) is 4.98 Å². The molecule has 6 nitrogen and oxygen atoms in total. The molecular formula is C11H10ClN5OS. The summed E-state index contributed by atoms with van der Waals surface area (Å²) < 4.78 is 4.91. The molecule has 0 radical (unpaired) electrons. The van der Waals surface area contributed by atoms with Gasteiger partial charge in [0.2, 0.25) is 11.2 Å². The maximum Gasteiger partial charge on any atom is 0.225 e. The smallest absolute Gasteiger partial charge is 0.225 e. The first kappa shape index (κ1) is 12.3. The summed E-state index contributed by atoms with van der Waals surface area (Å²) in [6.07, 6.45) is 0. The molecule has 0 bridgehead atoms. The van der Waals surface area contributed by atoms with Gasteiger partial charge in [-0.05, 0) is 24.6 Å². The summed E-state index contributed by atoms with van der Waals surface area (Å²) in [5, 5.41) is 8.15. The number of nitrogens with one attached hydrogen (secondary N) is 1. The lowest BCUT2D eigenvalue weighted by molar-refractivity contribution is 0.388. The Balaban J connectivity index is 1.91. The predicted molar refractivity (Wildman–Crippen MR) is 73.5 cm³/mol. The fourth-order valence-corrected chi connectivity index (χ4v) is 2.83. The predicted octanol–water partition coefficient (Wildman–Crippen LogP) is 2.96. The van der Waals surface area contributed by atoms with Crippen LogP contribution in [0.5, 0.6) is 0 Å². The van der Waals surface area contributed by atoms with E-state index in [2.05, 4.69) is 25.4 Å². The Morgan fingerprint density at radius 1 is 1.32 bits per heavy atom. The van der Waals surface area contributed by atoms with Crippen LogP contribution in [0, 0.1) is 13.8 Å². The number of hydrogen-bond acceptors (Lipinski definition) is 7. The van der Waals surface area contributed by atoms with Gasteiger partial charge in [-0.3, -0.25) is 0 Å². The Morgan fingerprint density at radius 3 is 2.89 bits per heavy atom. The Bertz CT molecular complexity index is 738. The van der Waals surface area contributed by atoms with Crippen LogP contribution >= 0.6 is 22.9 Å². The van der Waals surface area contributed by atoms with Crippen molar-refractivity contribution in [1.82, 2.24) is 20.1 Å². The summed E-state index contributed by atoms with van der Waals surface area (Å²) in [5.41, 5.74) is 0. The van der Waals surface area contributed by atoms with Gasteiger partial charge in [-0.1, -0.05) is 5.16 Å². The number of thiophene rings is 1. The zero-order valence-electron chi connectivity index (χ0n) is 10.3. The highest BCUT2D eigenvalue weighted by Crippen LogP contribution is 2.29. The van der Waals surface area contributed by atoms with E-state index in [0.717, 1.165) is 15.1 Å². The molecule has 1 N–H and O–H groups in total. The van der Waals surface area contributed by atoms with Crippen LogP contribution in [0.4, 0.5) is 5.82 Å². The third kappa shape index (κ3) is 2.52. The summed E-state index contributed by atoms with van der Waals surface area (Å²) >= 11 is 7.49. The van der Waals surface area contributed by atoms with Gasteiger partial charge in [-0.25, -0.2) is 9.97 Å². The summed E-state index contributed by atoms with van der Waals surface area (Å²) in [7, 11) is 0. The van der Waals surface area contributed by atoms with E-state index in [1.54, 1.807) is 18.3 Å². The molecule has 3 heterocycles. The fourth-order valence-electron chi connectivity index (χ4n) is 1.73. The molecule has 19 heavy (non-hydrogen) atoms. The number of aryl methyl sites for hydroxylation is 2. The Labute approximate surface area is 117 Å². The zero-order valence-corrected chi connectivity index (χ0v) is 11.8. The minimum Gasteiger partial charge on any atom is -0.362 e. The molecule has 0 unspecified atom stereocenters. The standard InChI is InChI=1S/C11H10ClN5OS/c1-5-3-7-9(15-11(12)16-10(7)19-5)13-4-8-14-6(2)18-17-8/h3H,4H2,1-2H3,(H,13,15,16). The van der Waals surface area contributed by atoms with E-state index in [9.17, 15) is 0 Å². The van der Waals surface area contributed by atoms with Gasteiger partial charge in [0.25, 0.3) is 0 Å². The largest absolute Gasteiger partial charge is 0.362 e. The fraction of sp³-hybridized carbons (Fsp3) is 0.273. The summed E-state index contributed by atoms with van der Waals surface area (Å²) in [6.45, 7) is 4.19. The van der Waals surface area contributed by atoms with Crippen LogP contribution in [-0.4, -0.2) is 20.1 Å². The normalized spacial score (nSPS) is 11.1. The molecule has 3 aromatic heterocycles. The lowest BCUT2D eigenvalue weighted by Gasteiger charge is -2.04. The first-order valence-corrected chi connectivity index (χ1v) is 6.78. The lowest BCUT2D eigenvalue weighted by atomic mass is 10.3. The highest BCUT2D eigenvalue weighted by atomic mass is 35.5. The molecule has 0 aliphatic carbocycles. The van der Waals surface area contributed by atoms with Gasteiger partial charge >= 0.3 is 0 Å². The number of halogens is 1. The number of fused-ring (bicyclic) bond motifs is 1. The zero-order chi connectivity index (χ0) is 13.4. The van der Waals surface area contributed by atoms with Crippen LogP contribution in [0.15, 0.2) is 10.6 Å². The van der Waals surface area contributed by atoms with Crippen molar-refractivity contribution >= 4 is 39.0 Å². The Morgan fingerprint density at radius 2 is 2.16 bits per heavy atom. The van der Waals surface area contributed by atoms with Crippen LogP contribution in [0.3, 0.4) is 0 Å². The molecule has 0 amide bonds. The molecule has 3 aromatic rings. The van der Waals surface area contributed by atoms with Crippen molar-refractivity contribution in [3.63, 3.8) is 0 Å². The highest BCUT2D eigenvalue weighted by Gasteiger charge is 2.10. The van der Waals surface area contributed by atoms with Gasteiger partial charge in [-0.15, -0.1) is 11.3 Å². The van der Waals surface area contributed by atoms with E-state index < -0.39 is 0 Å². The SMILES string of the molecule is Cc1nc(CNc2nc(Cl)nc3sc(C)cc23)no1. The number of hydrogen-bond donors (Lipinski definition) is 1. The first-order chi connectivity index (χ1) is 9.11. The van der Waals surface area contributed by atoms with Gasteiger partial charge in [0.05, 0.1) is 11.9 Å². The molecule has 0 atom stereocenters. The van der Waals surface area contributed by atoms with E-state index in [0.29, 0.717) is 24.1 Å². The molecule has 0 aliphatic rings. The molecule has 8 heteroatoms. The Hall–Kier alpha value is -1.73. The molecular weight excluding hydrogens is 286 g/mol. The van der Waals surface area contributed by atoms with E-state index >= 15 is 0 Å². The topological polar surface area (TPSA) is 76.7 Å². The van der Waals surface area contributed by atoms with E-state index in [1.165, 1.54) is 0 Å². The van der Waals surface area contributed by atoms with Gasteiger partial charge < -0.3 is 9.84 Å². The highest BCUT2D eigenvalue weighted by molar-refractivity contribution is 7.18. The third-order valence-corrected chi connectivity index (χ3v) is 3.59. The number of nitrogens with zero attached hydrogens (tertiary/aromatic N) is 4. The number of rotatable bonds is 3. The molecule has 3 rings (SSSR count). The van der Waals surface area contributed by atoms with Crippen LogP contribution < -0.4 is 5.32 Å². The second-order valence-electron chi connectivity index (χ2n) is 4.00. The quantitative estimate of drug-likeness (QED) is 0.749. The van der Waals surface area contributed by atoms with E-state index in [4.69, 9.17) is 16.1 Å². The van der Waals surface area contributed by atoms with Crippen molar-refractivity contribution in [3.05, 3.63) is 27.9 Å². The van der Waals surface area contributed by atoms with Crippen LogP contribution in [0.2, 0.25) is 5.28 Å². The van der Waals surface area contributed by atoms with Crippen molar-refractivity contribution in [3.8, 4) is 0 Å².